The number of nitrogens with zero attached hydrogens (tertiary/aromatic N) is 3. The first-order valence-electron chi connectivity index (χ1n) is 16.0. The smallest absolute Gasteiger partial charge is 0.235 e. The molecule has 7 aromatic carbocycles. The van der Waals surface area contributed by atoms with E-state index in [1.54, 1.807) is 11.3 Å². The van der Waals surface area contributed by atoms with Crippen molar-refractivity contribution in [2.75, 3.05) is 0 Å². The lowest BCUT2D eigenvalue weighted by Crippen LogP contribution is -2.02. The normalized spacial score (nSPS) is 12.6. The molecule has 222 valence electrons. The summed E-state index contributed by atoms with van der Waals surface area (Å²) < 4.78 is 13.8. The zero-order valence-corrected chi connectivity index (χ0v) is 26.8. The molecule has 0 atom stereocenters. The molecule has 0 N–H and O–H groups in total. The molecule has 0 unspecified atom stereocenters. The van der Waals surface area contributed by atoms with Gasteiger partial charge in [-0.05, 0) is 59.3 Å². The molecule has 0 aliphatic carbocycles. The Morgan fingerprint density at radius 1 is 0.500 bits per heavy atom. The van der Waals surface area contributed by atoms with E-state index in [0.717, 1.165) is 70.6 Å². The number of rotatable bonds is 2. The van der Waals surface area contributed by atoms with Crippen molar-refractivity contribution in [3.8, 4) is 17.2 Å². The van der Waals surface area contributed by atoms with Crippen LogP contribution in [0, 0.1) is 0 Å². The first-order chi connectivity index (χ1) is 23.8. The summed E-state index contributed by atoms with van der Waals surface area (Å²) in [5.74, 6) is 0.673. The van der Waals surface area contributed by atoms with E-state index in [1.807, 2.05) is 11.3 Å². The van der Waals surface area contributed by atoms with Crippen LogP contribution in [-0.2, 0) is 0 Å². The first kappa shape index (κ1) is 25.3. The van der Waals surface area contributed by atoms with E-state index in [1.165, 1.54) is 35.6 Å². The SMILES string of the molecule is c1cc2ccc3c4c2c(c1)oc1cccc2ccc(c4c21)n3-c1nc(-c2ccc3sc4ccccc4c3c2)c2sc3ccccc3c2n1. The van der Waals surface area contributed by atoms with Gasteiger partial charge in [0.15, 0.2) is 0 Å². The van der Waals surface area contributed by atoms with Crippen molar-refractivity contribution in [1.82, 2.24) is 14.5 Å². The molecule has 0 radical (unpaired) electrons. The molecular formula is C42H21N3OS2. The Bertz CT molecular complexity index is 3200. The van der Waals surface area contributed by atoms with E-state index in [9.17, 15) is 0 Å². The molecule has 5 aromatic heterocycles. The zero-order chi connectivity index (χ0) is 31.1. The summed E-state index contributed by atoms with van der Waals surface area (Å²) in [6, 6.07) is 45.6. The maximum absolute atomic E-state index is 6.65. The summed E-state index contributed by atoms with van der Waals surface area (Å²) in [6.45, 7) is 0. The number of aromatic nitrogens is 3. The van der Waals surface area contributed by atoms with Crippen LogP contribution in [0.5, 0.6) is 0 Å². The van der Waals surface area contributed by atoms with Crippen LogP contribution in [0.2, 0.25) is 0 Å². The van der Waals surface area contributed by atoms with Crippen LogP contribution in [0.25, 0.3) is 112 Å². The highest BCUT2D eigenvalue weighted by atomic mass is 32.1. The van der Waals surface area contributed by atoms with Gasteiger partial charge in [-0.3, -0.25) is 4.57 Å². The highest BCUT2D eigenvalue weighted by Crippen LogP contribution is 2.46. The van der Waals surface area contributed by atoms with Gasteiger partial charge in [-0.25, -0.2) is 9.97 Å². The second-order valence-electron chi connectivity index (χ2n) is 12.5. The van der Waals surface area contributed by atoms with E-state index in [0.29, 0.717) is 5.95 Å². The first-order valence-corrected chi connectivity index (χ1v) is 17.6. The number of hydrogen-bond acceptors (Lipinski definition) is 5. The third-order valence-corrected chi connectivity index (χ3v) is 12.3. The molecule has 0 amide bonds. The standard InChI is InChI=1S/C42H21N3OS2/c1-3-13-32-25(9-1)27-21-24(17-20-34(27)47-32)39-41-40(26-10-2-4-14-33(26)48-41)44-42(43-39)45-28-18-15-22-7-5-11-30-35(22)37(28)38-29(45)19-16-23-8-6-12-31(46-30)36(23)38/h1-21H. The molecule has 0 spiro atoms. The van der Waals surface area contributed by atoms with Gasteiger partial charge in [0, 0.05) is 57.4 Å². The van der Waals surface area contributed by atoms with Crippen LogP contribution in [0.1, 0.15) is 0 Å². The minimum absolute atomic E-state index is 0.673. The second-order valence-corrected chi connectivity index (χ2v) is 14.7. The quantitative estimate of drug-likeness (QED) is 0.188. The lowest BCUT2D eigenvalue weighted by atomic mass is 10.00. The van der Waals surface area contributed by atoms with Gasteiger partial charge in [0.05, 0.1) is 26.9 Å². The maximum atomic E-state index is 6.65. The Morgan fingerprint density at radius 2 is 1.15 bits per heavy atom. The van der Waals surface area contributed by atoms with E-state index >= 15 is 0 Å². The maximum Gasteiger partial charge on any atom is 0.235 e. The van der Waals surface area contributed by atoms with Crippen molar-refractivity contribution in [3.05, 3.63) is 127 Å². The molecule has 48 heavy (non-hydrogen) atoms. The van der Waals surface area contributed by atoms with Crippen molar-refractivity contribution in [1.29, 1.82) is 0 Å². The summed E-state index contributed by atoms with van der Waals surface area (Å²) in [4.78, 5) is 10.9. The Kier molecular flexibility index (Phi) is 4.72. The van der Waals surface area contributed by atoms with Crippen LogP contribution in [-0.4, -0.2) is 14.5 Å². The fourth-order valence-electron chi connectivity index (χ4n) is 7.93. The van der Waals surface area contributed by atoms with Crippen molar-refractivity contribution in [3.63, 3.8) is 0 Å². The van der Waals surface area contributed by atoms with Crippen LogP contribution in [0.15, 0.2) is 132 Å². The molecule has 12 aromatic rings. The van der Waals surface area contributed by atoms with Crippen molar-refractivity contribution in [2.45, 2.75) is 0 Å². The summed E-state index contributed by atoms with van der Waals surface area (Å²) >= 11 is 3.61. The summed E-state index contributed by atoms with van der Waals surface area (Å²) in [6.07, 6.45) is 0. The molecule has 0 bridgehead atoms. The van der Waals surface area contributed by atoms with Crippen molar-refractivity contribution < 1.29 is 4.42 Å². The lowest BCUT2D eigenvalue weighted by molar-refractivity contribution is 0.664. The van der Waals surface area contributed by atoms with E-state index < -0.39 is 0 Å². The van der Waals surface area contributed by atoms with Crippen LogP contribution in [0.4, 0.5) is 0 Å². The van der Waals surface area contributed by atoms with Gasteiger partial charge in [-0.1, -0.05) is 78.9 Å². The number of benzene rings is 7. The van der Waals surface area contributed by atoms with Gasteiger partial charge >= 0.3 is 0 Å². The molecule has 4 nitrogen and oxygen atoms in total. The largest absolute Gasteiger partial charge is 0.456 e. The molecule has 0 saturated heterocycles. The summed E-state index contributed by atoms with van der Waals surface area (Å²) in [5.41, 5.74) is 6.93. The predicted octanol–water partition coefficient (Wildman–Crippen LogP) is 12.5. The monoisotopic (exact) mass is 647 g/mol. The van der Waals surface area contributed by atoms with Gasteiger partial charge in [0.2, 0.25) is 5.95 Å². The molecule has 12 rings (SSSR count). The van der Waals surface area contributed by atoms with E-state index in [-0.39, 0.29) is 0 Å². The van der Waals surface area contributed by atoms with Gasteiger partial charge in [-0.15, -0.1) is 22.7 Å². The topological polar surface area (TPSA) is 43.9 Å². The summed E-state index contributed by atoms with van der Waals surface area (Å²) in [5, 5.41) is 10.6. The fourth-order valence-corrected chi connectivity index (χ4v) is 10.2. The predicted molar refractivity (Wildman–Crippen MR) is 204 cm³/mol. The molecular weight excluding hydrogens is 627 g/mol. The Morgan fingerprint density at radius 3 is 1.88 bits per heavy atom. The average Bonchev–Trinajstić information content (AvgIpc) is 3.77. The van der Waals surface area contributed by atoms with Gasteiger partial charge < -0.3 is 4.42 Å². The molecule has 6 heteroatoms. The van der Waals surface area contributed by atoms with Crippen LogP contribution in [0.3, 0.4) is 0 Å². The molecule has 0 aliphatic rings. The Hall–Kier alpha value is -5.82. The van der Waals surface area contributed by atoms with Crippen LogP contribution < -0.4 is 0 Å². The van der Waals surface area contributed by atoms with Crippen molar-refractivity contribution in [2.24, 2.45) is 0 Å². The molecule has 0 saturated carbocycles. The zero-order valence-electron chi connectivity index (χ0n) is 25.2. The number of fused-ring (bicyclic) bond motifs is 6. The fraction of sp³-hybridized carbons (Fsp3) is 0. The highest BCUT2D eigenvalue weighted by molar-refractivity contribution is 7.26. The Labute approximate surface area is 280 Å². The van der Waals surface area contributed by atoms with E-state index in [4.69, 9.17) is 14.4 Å². The minimum atomic E-state index is 0.673. The Balaban J connectivity index is 1.26. The molecule has 0 aliphatic heterocycles. The average molecular weight is 648 g/mol. The highest BCUT2D eigenvalue weighted by Gasteiger charge is 2.24. The third kappa shape index (κ3) is 3.18. The lowest BCUT2D eigenvalue weighted by Gasteiger charge is -2.11. The van der Waals surface area contributed by atoms with E-state index in [2.05, 4.69) is 132 Å². The third-order valence-electron chi connectivity index (χ3n) is 9.98. The molecule has 5 heterocycles. The number of thiophene rings is 2. The van der Waals surface area contributed by atoms with Gasteiger partial charge in [0.25, 0.3) is 0 Å². The summed E-state index contributed by atoms with van der Waals surface area (Å²) in [7, 11) is 0. The van der Waals surface area contributed by atoms with Gasteiger partial charge in [0.1, 0.15) is 11.2 Å². The second kappa shape index (κ2) is 8.95. The van der Waals surface area contributed by atoms with Crippen molar-refractivity contribution >= 4 is 118 Å². The molecule has 0 fully saturated rings. The van der Waals surface area contributed by atoms with Crippen LogP contribution >= 0.6 is 22.7 Å². The number of hydrogen-bond donors (Lipinski definition) is 0. The van der Waals surface area contributed by atoms with Gasteiger partial charge in [-0.2, -0.15) is 0 Å². The minimum Gasteiger partial charge on any atom is -0.456 e.